The van der Waals surface area contributed by atoms with Crippen LogP contribution in [0.1, 0.15) is 43.4 Å². The molecule has 0 aliphatic heterocycles. The SMILES string of the molecule is BCC(=C)c1ccc2c(c1)CCCC2(C)C. The standard InChI is InChI=1S/C15H21B/c1-11(10-16)12-6-7-14-13(9-12)5-4-8-15(14,2)3/h6-7,9H,1,4-5,8,10,16H2,2-3H3. The molecule has 84 valence electrons. The van der Waals surface area contributed by atoms with Gasteiger partial charge in [0.1, 0.15) is 7.85 Å². The molecule has 0 heterocycles. The first-order valence-corrected chi connectivity index (χ1v) is 6.36. The van der Waals surface area contributed by atoms with Gasteiger partial charge in [-0.2, -0.15) is 0 Å². The Labute approximate surface area is 100 Å². The second-order valence-corrected chi connectivity index (χ2v) is 5.57. The molecule has 2 rings (SSSR count). The summed E-state index contributed by atoms with van der Waals surface area (Å²) in [6, 6.07) is 6.94. The van der Waals surface area contributed by atoms with E-state index in [9.17, 15) is 0 Å². The van der Waals surface area contributed by atoms with Gasteiger partial charge in [0.05, 0.1) is 0 Å². The quantitative estimate of drug-likeness (QED) is 0.659. The number of hydrogen-bond donors (Lipinski definition) is 0. The van der Waals surface area contributed by atoms with Gasteiger partial charge in [-0.3, -0.25) is 0 Å². The lowest BCUT2D eigenvalue weighted by Crippen LogP contribution is -2.23. The van der Waals surface area contributed by atoms with Crippen LogP contribution in [0.5, 0.6) is 0 Å². The van der Waals surface area contributed by atoms with Crippen molar-refractivity contribution in [3.8, 4) is 0 Å². The summed E-state index contributed by atoms with van der Waals surface area (Å²) in [6.45, 7) is 8.85. The average molecular weight is 212 g/mol. The third-order valence-corrected chi connectivity index (χ3v) is 3.92. The van der Waals surface area contributed by atoms with Crippen LogP contribution in [0.4, 0.5) is 0 Å². The van der Waals surface area contributed by atoms with Crippen LogP contribution in [0, 0.1) is 0 Å². The molecule has 0 atom stereocenters. The number of fused-ring (bicyclic) bond motifs is 1. The minimum atomic E-state index is 0.361. The summed E-state index contributed by atoms with van der Waals surface area (Å²) in [4.78, 5) is 0. The van der Waals surface area contributed by atoms with Crippen molar-refractivity contribution in [1.82, 2.24) is 0 Å². The van der Waals surface area contributed by atoms with Gasteiger partial charge in [0.25, 0.3) is 0 Å². The van der Waals surface area contributed by atoms with Crippen molar-refractivity contribution in [1.29, 1.82) is 0 Å². The fourth-order valence-electron chi connectivity index (χ4n) is 2.74. The number of hydrogen-bond acceptors (Lipinski definition) is 0. The summed E-state index contributed by atoms with van der Waals surface area (Å²) in [5.74, 6) is 0. The first-order valence-electron chi connectivity index (χ1n) is 6.36. The summed E-state index contributed by atoms with van der Waals surface area (Å²) >= 11 is 0. The van der Waals surface area contributed by atoms with Crippen LogP contribution in [-0.2, 0) is 11.8 Å². The van der Waals surface area contributed by atoms with E-state index in [0.29, 0.717) is 5.41 Å². The molecule has 0 nitrogen and oxygen atoms in total. The van der Waals surface area contributed by atoms with E-state index < -0.39 is 0 Å². The molecular weight excluding hydrogens is 191 g/mol. The topological polar surface area (TPSA) is 0 Å². The first-order chi connectivity index (χ1) is 7.54. The fourth-order valence-corrected chi connectivity index (χ4v) is 2.74. The third kappa shape index (κ3) is 1.96. The summed E-state index contributed by atoms with van der Waals surface area (Å²) < 4.78 is 0. The van der Waals surface area contributed by atoms with E-state index in [1.54, 1.807) is 11.1 Å². The maximum atomic E-state index is 4.13. The van der Waals surface area contributed by atoms with Gasteiger partial charge in [-0.15, -0.1) is 0 Å². The zero-order chi connectivity index (χ0) is 11.8. The fraction of sp³-hybridized carbons (Fsp3) is 0.467. The number of benzene rings is 1. The maximum absolute atomic E-state index is 4.13. The Bertz CT molecular complexity index is 415. The molecule has 1 aliphatic carbocycles. The summed E-state index contributed by atoms with van der Waals surface area (Å²) in [5.41, 5.74) is 6.04. The predicted octanol–water partition coefficient (Wildman–Crippen LogP) is 3.37. The highest BCUT2D eigenvalue weighted by Gasteiger charge is 2.27. The van der Waals surface area contributed by atoms with Crippen LogP contribution in [-0.4, -0.2) is 7.85 Å². The van der Waals surface area contributed by atoms with Crippen molar-refractivity contribution < 1.29 is 0 Å². The van der Waals surface area contributed by atoms with E-state index in [0.717, 1.165) is 6.32 Å². The van der Waals surface area contributed by atoms with Crippen molar-refractivity contribution in [2.75, 3.05) is 0 Å². The normalized spacial score (nSPS) is 17.9. The lowest BCUT2D eigenvalue weighted by atomic mass is 9.72. The molecule has 0 radical (unpaired) electrons. The molecule has 0 saturated heterocycles. The van der Waals surface area contributed by atoms with Gasteiger partial charge in [0.2, 0.25) is 0 Å². The second kappa shape index (κ2) is 4.12. The molecule has 1 heteroatoms. The van der Waals surface area contributed by atoms with E-state index in [1.165, 1.54) is 30.4 Å². The molecule has 0 bridgehead atoms. The molecular formula is C15H21B. The third-order valence-electron chi connectivity index (χ3n) is 3.92. The molecule has 0 spiro atoms. The molecule has 16 heavy (non-hydrogen) atoms. The Kier molecular flexibility index (Phi) is 2.97. The summed E-state index contributed by atoms with van der Waals surface area (Å²) in [7, 11) is 2.17. The number of allylic oxidation sites excluding steroid dienone is 1. The highest BCUT2D eigenvalue weighted by molar-refractivity contribution is 6.14. The second-order valence-electron chi connectivity index (χ2n) is 5.57. The van der Waals surface area contributed by atoms with Crippen molar-refractivity contribution >= 4 is 13.4 Å². The highest BCUT2D eigenvalue weighted by Crippen LogP contribution is 2.37. The lowest BCUT2D eigenvalue weighted by molar-refractivity contribution is 0.432. The van der Waals surface area contributed by atoms with Crippen molar-refractivity contribution in [2.24, 2.45) is 0 Å². The van der Waals surface area contributed by atoms with Gasteiger partial charge in [0.15, 0.2) is 0 Å². The Hall–Kier alpha value is -0.975. The molecule has 0 saturated carbocycles. The van der Waals surface area contributed by atoms with Crippen molar-refractivity contribution in [3.63, 3.8) is 0 Å². The van der Waals surface area contributed by atoms with Crippen LogP contribution in [0.2, 0.25) is 6.32 Å². The van der Waals surface area contributed by atoms with E-state index in [4.69, 9.17) is 0 Å². The van der Waals surface area contributed by atoms with Crippen LogP contribution in [0.15, 0.2) is 24.8 Å². The average Bonchev–Trinajstić information content (AvgIpc) is 2.27. The summed E-state index contributed by atoms with van der Waals surface area (Å²) in [6.07, 6.45) is 4.92. The summed E-state index contributed by atoms with van der Waals surface area (Å²) in [5, 5.41) is 0. The Balaban J connectivity index is 2.43. The minimum absolute atomic E-state index is 0.361. The van der Waals surface area contributed by atoms with Crippen molar-refractivity contribution in [3.05, 3.63) is 41.5 Å². The molecule has 0 amide bonds. The zero-order valence-electron chi connectivity index (χ0n) is 10.8. The maximum Gasteiger partial charge on any atom is 0.107 e. The van der Waals surface area contributed by atoms with Crippen molar-refractivity contribution in [2.45, 2.75) is 44.8 Å². The smallest absolute Gasteiger partial charge is 0.0960 e. The van der Waals surface area contributed by atoms with E-state index in [1.807, 2.05) is 0 Å². The van der Waals surface area contributed by atoms with Gasteiger partial charge < -0.3 is 0 Å². The van der Waals surface area contributed by atoms with E-state index in [-0.39, 0.29) is 0 Å². The minimum Gasteiger partial charge on any atom is -0.0960 e. The molecule has 0 aromatic heterocycles. The molecule has 1 aromatic carbocycles. The largest absolute Gasteiger partial charge is 0.107 e. The van der Waals surface area contributed by atoms with Gasteiger partial charge >= 0.3 is 0 Å². The molecule has 0 unspecified atom stereocenters. The number of rotatable bonds is 2. The monoisotopic (exact) mass is 212 g/mol. The Morgan fingerprint density at radius 3 is 2.88 bits per heavy atom. The van der Waals surface area contributed by atoms with E-state index >= 15 is 0 Å². The van der Waals surface area contributed by atoms with Crippen LogP contribution < -0.4 is 0 Å². The molecule has 0 fully saturated rings. The van der Waals surface area contributed by atoms with Gasteiger partial charge in [-0.25, -0.2) is 0 Å². The molecule has 1 aliphatic rings. The number of aryl methyl sites for hydroxylation is 1. The Morgan fingerprint density at radius 1 is 1.44 bits per heavy atom. The molecule has 0 N–H and O–H groups in total. The zero-order valence-corrected chi connectivity index (χ0v) is 10.8. The van der Waals surface area contributed by atoms with Gasteiger partial charge in [-0.05, 0) is 41.4 Å². The highest BCUT2D eigenvalue weighted by atomic mass is 14.3. The van der Waals surface area contributed by atoms with Gasteiger partial charge in [0, 0.05) is 0 Å². The predicted molar refractivity (Wildman–Crippen MR) is 74.8 cm³/mol. The Morgan fingerprint density at radius 2 is 2.19 bits per heavy atom. The van der Waals surface area contributed by atoms with Crippen LogP contribution in [0.25, 0.3) is 5.57 Å². The van der Waals surface area contributed by atoms with Crippen LogP contribution >= 0.6 is 0 Å². The van der Waals surface area contributed by atoms with Crippen LogP contribution in [0.3, 0.4) is 0 Å². The lowest BCUT2D eigenvalue weighted by Gasteiger charge is -2.33. The van der Waals surface area contributed by atoms with Gasteiger partial charge in [-0.1, -0.05) is 50.5 Å². The van der Waals surface area contributed by atoms with E-state index in [2.05, 4.69) is 46.5 Å². The first kappa shape index (κ1) is 11.5. The molecule has 1 aromatic rings.